The van der Waals surface area contributed by atoms with Crippen molar-refractivity contribution in [3.8, 4) is 5.69 Å². The first kappa shape index (κ1) is 17.7. The molecule has 1 heterocycles. The average molecular weight is 329 g/mol. The second kappa shape index (κ2) is 7.77. The molecule has 1 aromatic carbocycles. The second-order valence-electron chi connectivity index (χ2n) is 6.06. The lowest BCUT2D eigenvalue weighted by Gasteiger charge is -2.12. The number of hydrogen-bond donors (Lipinski definition) is 2. The van der Waals surface area contributed by atoms with Gasteiger partial charge in [0.15, 0.2) is 0 Å². The van der Waals surface area contributed by atoms with E-state index in [1.54, 1.807) is 17.7 Å². The number of nitrogens with zero attached hydrogens (tertiary/aromatic N) is 2. The maximum Gasteiger partial charge on any atom is 0.339 e. The number of anilines is 1. The van der Waals surface area contributed by atoms with E-state index in [2.05, 4.69) is 24.3 Å². The molecule has 0 spiro atoms. The number of amides is 1. The Kier molecular flexibility index (Phi) is 5.73. The van der Waals surface area contributed by atoms with Crippen LogP contribution in [0.25, 0.3) is 5.69 Å². The number of rotatable bonds is 7. The molecular weight excluding hydrogens is 306 g/mol. The zero-order valence-corrected chi connectivity index (χ0v) is 14.2. The Morgan fingerprint density at radius 1 is 1.38 bits per heavy atom. The summed E-state index contributed by atoms with van der Waals surface area (Å²) in [6.45, 7) is 5.88. The summed E-state index contributed by atoms with van der Waals surface area (Å²) in [5.41, 5.74) is 2.09. The SMILES string of the molecule is CCCC(C)CC(=O)Nc1cccc(-n2ncc(C(=O)O)c2C)c1. The summed E-state index contributed by atoms with van der Waals surface area (Å²) in [6.07, 6.45) is 3.91. The van der Waals surface area contributed by atoms with Crippen molar-refractivity contribution in [1.82, 2.24) is 9.78 Å². The first-order valence-electron chi connectivity index (χ1n) is 8.10. The molecule has 128 valence electrons. The molecule has 0 aliphatic rings. The molecule has 0 fully saturated rings. The number of aromatic nitrogens is 2. The maximum atomic E-state index is 12.1. The molecule has 1 aromatic heterocycles. The van der Waals surface area contributed by atoms with Gasteiger partial charge in [0, 0.05) is 12.1 Å². The van der Waals surface area contributed by atoms with Gasteiger partial charge in [0.2, 0.25) is 5.91 Å². The summed E-state index contributed by atoms with van der Waals surface area (Å²) in [5, 5.41) is 16.1. The van der Waals surface area contributed by atoms with Crippen molar-refractivity contribution in [3.63, 3.8) is 0 Å². The Hall–Kier alpha value is -2.63. The Bertz CT molecular complexity index is 737. The highest BCUT2D eigenvalue weighted by Gasteiger charge is 2.14. The van der Waals surface area contributed by atoms with Gasteiger partial charge in [-0.1, -0.05) is 32.8 Å². The predicted octanol–water partition coefficient (Wildman–Crippen LogP) is 3.64. The molecule has 1 atom stereocenters. The molecule has 1 unspecified atom stereocenters. The van der Waals surface area contributed by atoms with Gasteiger partial charge in [-0.2, -0.15) is 5.10 Å². The number of nitrogens with one attached hydrogen (secondary N) is 1. The summed E-state index contributed by atoms with van der Waals surface area (Å²) in [5.74, 6) is -0.672. The molecule has 0 aliphatic heterocycles. The third-order valence-corrected chi connectivity index (χ3v) is 3.93. The van der Waals surface area contributed by atoms with Gasteiger partial charge >= 0.3 is 5.97 Å². The minimum absolute atomic E-state index is 0.0171. The van der Waals surface area contributed by atoms with E-state index in [0.29, 0.717) is 29.4 Å². The molecule has 0 radical (unpaired) electrons. The van der Waals surface area contributed by atoms with Crippen LogP contribution in [0, 0.1) is 12.8 Å². The molecule has 0 saturated carbocycles. The zero-order chi connectivity index (χ0) is 17.7. The quantitative estimate of drug-likeness (QED) is 0.812. The molecule has 6 nitrogen and oxygen atoms in total. The van der Waals surface area contributed by atoms with Crippen LogP contribution in [-0.2, 0) is 4.79 Å². The van der Waals surface area contributed by atoms with Crippen LogP contribution >= 0.6 is 0 Å². The third-order valence-electron chi connectivity index (χ3n) is 3.93. The highest BCUT2D eigenvalue weighted by atomic mass is 16.4. The Labute approximate surface area is 141 Å². The zero-order valence-electron chi connectivity index (χ0n) is 14.2. The van der Waals surface area contributed by atoms with Gasteiger partial charge in [-0.15, -0.1) is 0 Å². The number of carboxylic acids is 1. The topological polar surface area (TPSA) is 84.2 Å². The van der Waals surface area contributed by atoms with Crippen LogP contribution in [0.15, 0.2) is 30.5 Å². The van der Waals surface area contributed by atoms with Crippen molar-refractivity contribution in [3.05, 3.63) is 41.7 Å². The largest absolute Gasteiger partial charge is 0.478 e. The maximum absolute atomic E-state index is 12.1. The van der Waals surface area contributed by atoms with Gasteiger partial charge in [-0.25, -0.2) is 9.48 Å². The fourth-order valence-corrected chi connectivity index (χ4v) is 2.72. The van der Waals surface area contributed by atoms with Crippen molar-refractivity contribution >= 4 is 17.6 Å². The number of benzene rings is 1. The highest BCUT2D eigenvalue weighted by molar-refractivity contribution is 5.91. The monoisotopic (exact) mass is 329 g/mol. The lowest BCUT2D eigenvalue weighted by molar-refractivity contribution is -0.117. The summed E-state index contributed by atoms with van der Waals surface area (Å²) in [7, 11) is 0. The molecule has 0 saturated heterocycles. The fraction of sp³-hybridized carbons (Fsp3) is 0.389. The first-order valence-corrected chi connectivity index (χ1v) is 8.10. The number of carboxylic acid groups (broad SMARTS) is 1. The number of carbonyl (C=O) groups excluding carboxylic acids is 1. The predicted molar refractivity (Wildman–Crippen MR) is 92.6 cm³/mol. The normalized spacial score (nSPS) is 12.0. The average Bonchev–Trinajstić information content (AvgIpc) is 2.89. The third kappa shape index (κ3) is 4.22. The second-order valence-corrected chi connectivity index (χ2v) is 6.06. The van der Waals surface area contributed by atoms with E-state index in [-0.39, 0.29) is 11.5 Å². The van der Waals surface area contributed by atoms with Crippen molar-refractivity contribution in [2.45, 2.75) is 40.0 Å². The highest BCUT2D eigenvalue weighted by Crippen LogP contribution is 2.19. The fourth-order valence-electron chi connectivity index (χ4n) is 2.72. The number of aromatic carboxylic acids is 1. The molecule has 0 aliphatic carbocycles. The molecule has 1 amide bonds. The van der Waals surface area contributed by atoms with E-state index in [1.165, 1.54) is 6.20 Å². The number of hydrogen-bond acceptors (Lipinski definition) is 3. The van der Waals surface area contributed by atoms with E-state index < -0.39 is 5.97 Å². The molecule has 2 N–H and O–H groups in total. The minimum atomic E-state index is -1.01. The van der Waals surface area contributed by atoms with Crippen LogP contribution in [0.3, 0.4) is 0 Å². The smallest absolute Gasteiger partial charge is 0.339 e. The van der Waals surface area contributed by atoms with E-state index in [1.807, 2.05) is 18.2 Å². The Balaban J connectivity index is 2.15. The summed E-state index contributed by atoms with van der Waals surface area (Å²) in [6, 6.07) is 7.22. The van der Waals surface area contributed by atoms with Gasteiger partial charge in [0.25, 0.3) is 0 Å². The van der Waals surface area contributed by atoms with Crippen molar-refractivity contribution < 1.29 is 14.7 Å². The molecule has 0 bridgehead atoms. The molecule has 6 heteroatoms. The molecule has 2 rings (SSSR count). The van der Waals surface area contributed by atoms with Gasteiger partial charge in [0.05, 0.1) is 17.6 Å². The van der Waals surface area contributed by atoms with Crippen LogP contribution in [0.5, 0.6) is 0 Å². The van der Waals surface area contributed by atoms with Gasteiger partial charge in [-0.05, 0) is 31.0 Å². The standard InChI is InChI=1S/C18H23N3O3/c1-4-6-12(2)9-17(22)20-14-7-5-8-15(10-14)21-13(3)16(11-19-21)18(23)24/h5,7-8,10-12H,4,6,9H2,1-3H3,(H,20,22)(H,23,24). The van der Waals surface area contributed by atoms with Crippen LogP contribution in [0.1, 0.15) is 49.2 Å². The Morgan fingerprint density at radius 2 is 2.12 bits per heavy atom. The molecule has 24 heavy (non-hydrogen) atoms. The number of carbonyl (C=O) groups is 2. The summed E-state index contributed by atoms with van der Waals surface area (Å²) >= 11 is 0. The van der Waals surface area contributed by atoms with Crippen molar-refractivity contribution in [2.24, 2.45) is 5.92 Å². The summed E-state index contributed by atoms with van der Waals surface area (Å²) < 4.78 is 1.55. The van der Waals surface area contributed by atoms with E-state index in [4.69, 9.17) is 5.11 Å². The van der Waals surface area contributed by atoms with Gasteiger partial charge in [-0.3, -0.25) is 4.79 Å². The van der Waals surface area contributed by atoms with Gasteiger partial charge in [0.1, 0.15) is 5.56 Å². The summed E-state index contributed by atoms with van der Waals surface area (Å²) in [4.78, 5) is 23.2. The van der Waals surface area contributed by atoms with Crippen LogP contribution in [0.4, 0.5) is 5.69 Å². The Morgan fingerprint density at radius 3 is 2.75 bits per heavy atom. The van der Waals surface area contributed by atoms with E-state index in [0.717, 1.165) is 12.8 Å². The lowest BCUT2D eigenvalue weighted by atomic mass is 10.0. The lowest BCUT2D eigenvalue weighted by Crippen LogP contribution is -2.15. The molecular formula is C18H23N3O3. The minimum Gasteiger partial charge on any atom is -0.478 e. The van der Waals surface area contributed by atoms with Crippen LogP contribution in [0.2, 0.25) is 0 Å². The van der Waals surface area contributed by atoms with Crippen LogP contribution < -0.4 is 5.32 Å². The van der Waals surface area contributed by atoms with Crippen molar-refractivity contribution in [1.29, 1.82) is 0 Å². The van der Waals surface area contributed by atoms with Crippen LogP contribution in [-0.4, -0.2) is 26.8 Å². The molecule has 2 aromatic rings. The van der Waals surface area contributed by atoms with Crippen molar-refractivity contribution in [2.75, 3.05) is 5.32 Å². The first-order chi connectivity index (χ1) is 11.4. The van der Waals surface area contributed by atoms with E-state index in [9.17, 15) is 9.59 Å². The van der Waals surface area contributed by atoms with Gasteiger partial charge < -0.3 is 10.4 Å². The van der Waals surface area contributed by atoms with E-state index >= 15 is 0 Å².